The first-order chi connectivity index (χ1) is 12.9. The zero-order valence-electron chi connectivity index (χ0n) is 14.4. The third kappa shape index (κ3) is 4.99. The van der Waals surface area contributed by atoms with Crippen molar-refractivity contribution in [3.8, 4) is 0 Å². The highest BCUT2D eigenvalue weighted by Gasteiger charge is 2.29. The number of nitrogens with zero attached hydrogens (tertiary/aromatic N) is 2. The molecule has 2 aromatic rings. The Bertz CT molecular complexity index is 822. The molecule has 0 aromatic heterocycles. The van der Waals surface area contributed by atoms with Crippen LogP contribution in [0.2, 0.25) is 0 Å². The number of carbonyl (C=O) groups excluding carboxylic acids is 2. The summed E-state index contributed by atoms with van der Waals surface area (Å²) in [7, 11) is 0. The zero-order valence-corrected chi connectivity index (χ0v) is 14.4. The summed E-state index contributed by atoms with van der Waals surface area (Å²) in [6.45, 7) is 1.01. The van der Waals surface area contributed by atoms with Crippen molar-refractivity contribution in [1.82, 2.24) is 15.1 Å². The molecule has 1 N–H and O–H groups in total. The molecule has 0 bridgehead atoms. The fourth-order valence-corrected chi connectivity index (χ4v) is 2.88. The third-order valence-electron chi connectivity index (χ3n) is 4.21. The van der Waals surface area contributed by atoms with Gasteiger partial charge in [0.25, 0.3) is 0 Å². The smallest absolute Gasteiger partial charge is 0.320 e. The Morgan fingerprint density at radius 2 is 1.52 bits per heavy atom. The predicted molar refractivity (Wildman–Crippen MR) is 92.0 cm³/mol. The molecule has 3 amide bonds. The van der Waals surface area contributed by atoms with Crippen LogP contribution in [0.4, 0.5) is 18.0 Å². The monoisotopic (exact) mass is 377 g/mol. The Kier molecular flexibility index (Phi) is 5.63. The lowest BCUT2D eigenvalue weighted by Crippen LogP contribution is -2.39. The van der Waals surface area contributed by atoms with Gasteiger partial charge in [-0.3, -0.25) is 4.79 Å². The Morgan fingerprint density at radius 1 is 0.889 bits per heavy atom. The maximum atomic E-state index is 13.1. The minimum Gasteiger partial charge on any atom is -0.350 e. The van der Waals surface area contributed by atoms with Crippen LogP contribution in [0.3, 0.4) is 0 Å². The Morgan fingerprint density at radius 3 is 2.19 bits per heavy atom. The minimum atomic E-state index is -0.717. The molecule has 8 heteroatoms. The number of rotatable bonds is 6. The molecule has 0 atom stereocenters. The van der Waals surface area contributed by atoms with Crippen LogP contribution in [-0.4, -0.2) is 41.4 Å². The normalized spacial score (nSPS) is 14.0. The van der Waals surface area contributed by atoms with E-state index in [1.165, 1.54) is 17.0 Å². The Balaban J connectivity index is 1.49. The van der Waals surface area contributed by atoms with Crippen LogP contribution >= 0.6 is 0 Å². The van der Waals surface area contributed by atoms with Crippen LogP contribution in [0.5, 0.6) is 0 Å². The van der Waals surface area contributed by atoms with Gasteiger partial charge in [0.2, 0.25) is 5.91 Å². The van der Waals surface area contributed by atoms with Crippen molar-refractivity contribution < 1.29 is 22.8 Å². The molecular weight excluding hydrogens is 359 g/mol. The van der Waals surface area contributed by atoms with Crippen molar-refractivity contribution in [2.45, 2.75) is 13.1 Å². The third-order valence-corrected chi connectivity index (χ3v) is 4.21. The van der Waals surface area contributed by atoms with E-state index < -0.39 is 17.5 Å². The molecule has 0 radical (unpaired) electrons. The van der Waals surface area contributed by atoms with E-state index in [0.29, 0.717) is 25.2 Å². The summed E-state index contributed by atoms with van der Waals surface area (Å²) in [5.41, 5.74) is 1.09. The quantitative estimate of drug-likeness (QED) is 0.842. The second kappa shape index (κ2) is 8.11. The average Bonchev–Trinajstić information content (AvgIpc) is 2.94. The van der Waals surface area contributed by atoms with Crippen molar-refractivity contribution >= 4 is 11.9 Å². The van der Waals surface area contributed by atoms with Gasteiger partial charge in [0, 0.05) is 32.2 Å². The molecule has 3 rings (SSSR count). The van der Waals surface area contributed by atoms with Gasteiger partial charge in [0.05, 0.1) is 0 Å². The summed E-state index contributed by atoms with van der Waals surface area (Å²) in [5.74, 6) is -2.20. The van der Waals surface area contributed by atoms with Gasteiger partial charge >= 0.3 is 6.03 Å². The summed E-state index contributed by atoms with van der Waals surface area (Å²) in [4.78, 5) is 27.4. The van der Waals surface area contributed by atoms with Crippen LogP contribution in [0, 0.1) is 17.5 Å². The highest BCUT2D eigenvalue weighted by Crippen LogP contribution is 2.14. The molecule has 1 heterocycles. The number of urea groups is 1. The summed E-state index contributed by atoms with van der Waals surface area (Å²) in [5, 5.41) is 2.55. The molecule has 0 saturated carbocycles. The summed E-state index contributed by atoms with van der Waals surface area (Å²) < 4.78 is 39.2. The van der Waals surface area contributed by atoms with E-state index in [2.05, 4.69) is 5.32 Å². The van der Waals surface area contributed by atoms with Gasteiger partial charge in [0.1, 0.15) is 24.0 Å². The molecule has 0 unspecified atom stereocenters. The molecule has 0 aliphatic carbocycles. The first-order valence-electron chi connectivity index (χ1n) is 8.40. The van der Waals surface area contributed by atoms with Gasteiger partial charge in [-0.05, 0) is 35.4 Å². The van der Waals surface area contributed by atoms with E-state index >= 15 is 0 Å². The van der Waals surface area contributed by atoms with Gasteiger partial charge in [-0.2, -0.15) is 0 Å². The van der Waals surface area contributed by atoms with Gasteiger partial charge in [-0.1, -0.05) is 12.1 Å². The Hall–Kier alpha value is -3.03. The average molecular weight is 377 g/mol. The minimum absolute atomic E-state index is 0.0329. The molecule has 1 saturated heterocycles. The van der Waals surface area contributed by atoms with Crippen molar-refractivity contribution in [3.63, 3.8) is 0 Å². The van der Waals surface area contributed by atoms with Gasteiger partial charge < -0.3 is 15.1 Å². The molecule has 2 aromatic carbocycles. The topological polar surface area (TPSA) is 52.7 Å². The van der Waals surface area contributed by atoms with Crippen molar-refractivity contribution in [2.75, 3.05) is 19.6 Å². The molecule has 5 nitrogen and oxygen atoms in total. The second-order valence-corrected chi connectivity index (χ2v) is 6.31. The van der Waals surface area contributed by atoms with Crippen LogP contribution in [0.15, 0.2) is 42.5 Å². The van der Waals surface area contributed by atoms with E-state index in [-0.39, 0.29) is 24.9 Å². The fourth-order valence-electron chi connectivity index (χ4n) is 2.88. The molecule has 142 valence electrons. The van der Waals surface area contributed by atoms with Crippen LogP contribution < -0.4 is 5.32 Å². The van der Waals surface area contributed by atoms with Crippen LogP contribution in [0.25, 0.3) is 0 Å². The number of carbonyl (C=O) groups is 2. The summed E-state index contributed by atoms with van der Waals surface area (Å²) in [6, 6.07) is 8.61. The number of hydrogen-bond acceptors (Lipinski definition) is 2. The first kappa shape index (κ1) is 18.8. The zero-order chi connectivity index (χ0) is 19.4. The molecule has 0 spiro atoms. The maximum Gasteiger partial charge on any atom is 0.320 e. The molecule has 1 aliphatic heterocycles. The van der Waals surface area contributed by atoms with E-state index in [0.717, 1.165) is 23.8 Å². The van der Waals surface area contributed by atoms with Gasteiger partial charge in [-0.15, -0.1) is 0 Å². The van der Waals surface area contributed by atoms with E-state index in [4.69, 9.17) is 0 Å². The molecule has 1 aliphatic rings. The van der Waals surface area contributed by atoms with E-state index in [1.807, 2.05) is 0 Å². The predicted octanol–water partition coefficient (Wildman–Crippen LogP) is 2.66. The van der Waals surface area contributed by atoms with Gasteiger partial charge in [0.15, 0.2) is 0 Å². The van der Waals surface area contributed by atoms with Crippen molar-refractivity contribution in [3.05, 3.63) is 71.0 Å². The van der Waals surface area contributed by atoms with Crippen LogP contribution in [-0.2, 0) is 17.9 Å². The van der Waals surface area contributed by atoms with Crippen molar-refractivity contribution in [1.29, 1.82) is 0 Å². The molecular formula is C19H18F3N3O2. The second-order valence-electron chi connectivity index (χ2n) is 6.31. The van der Waals surface area contributed by atoms with Gasteiger partial charge in [-0.25, -0.2) is 18.0 Å². The van der Waals surface area contributed by atoms with Crippen LogP contribution in [0.1, 0.15) is 11.1 Å². The summed E-state index contributed by atoms with van der Waals surface area (Å²) >= 11 is 0. The molecule has 27 heavy (non-hydrogen) atoms. The first-order valence-corrected chi connectivity index (χ1v) is 8.40. The fraction of sp³-hybridized carbons (Fsp3) is 0.263. The highest BCUT2D eigenvalue weighted by atomic mass is 19.1. The number of hydrogen-bond donors (Lipinski definition) is 1. The summed E-state index contributed by atoms with van der Waals surface area (Å²) in [6.07, 6.45) is 0. The maximum absolute atomic E-state index is 13.1. The lowest BCUT2D eigenvalue weighted by atomic mass is 10.2. The van der Waals surface area contributed by atoms with Crippen molar-refractivity contribution in [2.24, 2.45) is 0 Å². The standard InChI is InChI=1S/C19H18F3N3O2/c20-15-3-1-13(2-4-15)11-24-5-6-25(19(24)27)12-18(26)23-10-14-7-16(21)9-17(22)8-14/h1-4,7-9H,5-6,10-12H2,(H,23,26). The Labute approximate surface area is 154 Å². The SMILES string of the molecule is O=C(CN1CCN(Cc2ccc(F)cc2)C1=O)NCc1cc(F)cc(F)c1. The lowest BCUT2D eigenvalue weighted by Gasteiger charge is -2.18. The number of benzene rings is 2. The largest absolute Gasteiger partial charge is 0.350 e. The van der Waals surface area contributed by atoms with E-state index in [1.54, 1.807) is 17.0 Å². The highest BCUT2D eigenvalue weighted by molar-refractivity contribution is 5.85. The number of amides is 3. The molecule has 1 fully saturated rings. The number of nitrogens with one attached hydrogen (secondary N) is 1. The lowest BCUT2D eigenvalue weighted by molar-refractivity contribution is -0.121. The van der Waals surface area contributed by atoms with E-state index in [9.17, 15) is 22.8 Å². The number of halogens is 3.